The van der Waals surface area contributed by atoms with Crippen LogP contribution < -0.4 is 20.7 Å². The molecule has 0 aliphatic heterocycles. The maximum atomic E-state index is 13.5. The van der Waals surface area contributed by atoms with Crippen LogP contribution >= 0.6 is 0 Å². The number of nitrogens with one attached hydrogen (secondary N) is 3. The number of hydrogen-bond donors (Lipinski definition) is 3. The van der Waals surface area contributed by atoms with Gasteiger partial charge < -0.3 is 20.7 Å². The molecule has 0 spiro atoms. The molecule has 1 aromatic heterocycles. The van der Waals surface area contributed by atoms with Gasteiger partial charge in [0.05, 0.1) is 0 Å². The lowest BCUT2D eigenvalue weighted by Gasteiger charge is -2.15. The Morgan fingerprint density at radius 1 is 1.23 bits per heavy atom. The number of aryl methyl sites for hydroxylation is 1. The van der Waals surface area contributed by atoms with Crippen LogP contribution in [0.5, 0.6) is 5.75 Å². The van der Waals surface area contributed by atoms with Crippen LogP contribution in [0.1, 0.15) is 19.5 Å². The molecule has 1 unspecified atom stereocenters. The highest BCUT2D eigenvalue weighted by Crippen LogP contribution is 2.17. The number of carbonyl (C=O) groups is 1. The van der Waals surface area contributed by atoms with E-state index < -0.39 is 11.9 Å². The average molecular weight is 361 g/mol. The van der Waals surface area contributed by atoms with Crippen LogP contribution in [0.2, 0.25) is 0 Å². The van der Waals surface area contributed by atoms with Crippen molar-refractivity contribution in [2.45, 2.75) is 26.9 Å². The summed E-state index contributed by atoms with van der Waals surface area (Å²) < 4.78 is 18.9. The van der Waals surface area contributed by atoms with Crippen molar-refractivity contribution in [1.82, 2.24) is 15.3 Å². The number of anilines is 2. The Labute approximate surface area is 152 Å². The molecule has 8 heteroatoms. The van der Waals surface area contributed by atoms with Gasteiger partial charge in [0.25, 0.3) is 5.91 Å². The summed E-state index contributed by atoms with van der Waals surface area (Å²) in [6, 6.07) is 7.81. The summed E-state index contributed by atoms with van der Waals surface area (Å²) in [6.45, 7) is 7.03. The number of benzene rings is 1. The molecule has 1 atom stereocenters. The van der Waals surface area contributed by atoms with Crippen LogP contribution in [0.4, 0.5) is 16.2 Å². The van der Waals surface area contributed by atoms with Crippen molar-refractivity contribution in [3.05, 3.63) is 41.8 Å². The standard InChI is InChI=1S/C18H24FN5O2/c1-4-20-18-23-12(2)11-16(24-18)21-9-10-22-17(25)13(3)26-15-8-6-5-7-14(15)19/h5-8,11,13H,4,9-10H2,1-3H3,(H,22,25)(H2,20,21,23,24). The van der Waals surface area contributed by atoms with E-state index in [1.807, 2.05) is 19.9 Å². The minimum absolute atomic E-state index is 0.0562. The molecular weight excluding hydrogens is 337 g/mol. The molecule has 0 saturated carbocycles. The first-order chi connectivity index (χ1) is 12.5. The number of aromatic nitrogens is 2. The maximum absolute atomic E-state index is 13.5. The second-order valence-corrected chi connectivity index (χ2v) is 5.66. The van der Waals surface area contributed by atoms with E-state index >= 15 is 0 Å². The molecule has 1 aromatic carbocycles. The highest BCUT2D eigenvalue weighted by atomic mass is 19.1. The Morgan fingerprint density at radius 3 is 2.73 bits per heavy atom. The van der Waals surface area contributed by atoms with Gasteiger partial charge >= 0.3 is 0 Å². The molecule has 0 bridgehead atoms. The smallest absolute Gasteiger partial charge is 0.260 e. The van der Waals surface area contributed by atoms with Gasteiger partial charge in [-0.2, -0.15) is 4.98 Å². The number of para-hydroxylation sites is 1. The molecule has 0 aliphatic rings. The lowest BCUT2D eigenvalue weighted by molar-refractivity contribution is -0.127. The maximum Gasteiger partial charge on any atom is 0.260 e. The molecule has 0 aliphatic carbocycles. The van der Waals surface area contributed by atoms with Gasteiger partial charge in [-0.05, 0) is 32.9 Å². The summed E-state index contributed by atoms with van der Waals surface area (Å²) in [6.07, 6.45) is -0.798. The van der Waals surface area contributed by atoms with Crippen molar-refractivity contribution in [1.29, 1.82) is 0 Å². The first-order valence-electron chi connectivity index (χ1n) is 8.52. The van der Waals surface area contributed by atoms with Crippen LogP contribution in [-0.4, -0.2) is 41.6 Å². The fourth-order valence-corrected chi connectivity index (χ4v) is 2.20. The molecule has 1 amide bonds. The molecular formula is C18H24FN5O2. The summed E-state index contributed by atoms with van der Waals surface area (Å²) >= 11 is 0. The molecule has 0 fully saturated rings. The highest BCUT2D eigenvalue weighted by molar-refractivity contribution is 5.80. The topological polar surface area (TPSA) is 88.2 Å². The van der Waals surface area contributed by atoms with Gasteiger partial charge in [-0.15, -0.1) is 0 Å². The van der Waals surface area contributed by atoms with Crippen LogP contribution in [0.3, 0.4) is 0 Å². The van der Waals surface area contributed by atoms with Crippen LogP contribution in [0.25, 0.3) is 0 Å². The van der Waals surface area contributed by atoms with E-state index in [0.717, 1.165) is 12.2 Å². The molecule has 7 nitrogen and oxygen atoms in total. The Balaban J connectivity index is 1.77. The third-order valence-corrected chi connectivity index (χ3v) is 3.43. The summed E-state index contributed by atoms with van der Waals surface area (Å²) in [4.78, 5) is 20.6. The summed E-state index contributed by atoms with van der Waals surface area (Å²) in [5.74, 6) is 0.483. The molecule has 2 rings (SSSR count). The van der Waals surface area contributed by atoms with Crippen molar-refractivity contribution < 1.29 is 13.9 Å². The van der Waals surface area contributed by atoms with Gasteiger partial charge in [-0.25, -0.2) is 9.37 Å². The number of hydrogen-bond acceptors (Lipinski definition) is 6. The van der Waals surface area contributed by atoms with Crippen LogP contribution in [-0.2, 0) is 4.79 Å². The van der Waals surface area contributed by atoms with Crippen molar-refractivity contribution in [2.75, 3.05) is 30.3 Å². The fourth-order valence-electron chi connectivity index (χ4n) is 2.20. The highest BCUT2D eigenvalue weighted by Gasteiger charge is 2.15. The lowest BCUT2D eigenvalue weighted by atomic mass is 10.3. The Kier molecular flexibility index (Phi) is 7.13. The summed E-state index contributed by atoms with van der Waals surface area (Å²) in [7, 11) is 0. The first-order valence-corrected chi connectivity index (χ1v) is 8.52. The van der Waals surface area contributed by atoms with Gasteiger partial charge in [-0.1, -0.05) is 12.1 Å². The third-order valence-electron chi connectivity index (χ3n) is 3.43. The van der Waals surface area contributed by atoms with E-state index in [1.165, 1.54) is 12.1 Å². The monoisotopic (exact) mass is 361 g/mol. The van der Waals surface area contributed by atoms with Crippen LogP contribution in [0.15, 0.2) is 30.3 Å². The number of nitrogens with zero attached hydrogens (tertiary/aromatic N) is 2. The minimum Gasteiger partial charge on any atom is -0.478 e. The van der Waals surface area contributed by atoms with E-state index in [9.17, 15) is 9.18 Å². The van der Waals surface area contributed by atoms with Crippen LogP contribution in [0, 0.1) is 12.7 Å². The van der Waals surface area contributed by atoms with E-state index in [1.54, 1.807) is 19.1 Å². The zero-order valence-corrected chi connectivity index (χ0v) is 15.2. The quantitative estimate of drug-likeness (QED) is 0.594. The van der Waals surface area contributed by atoms with E-state index in [0.29, 0.717) is 24.9 Å². The number of rotatable bonds is 9. The molecule has 26 heavy (non-hydrogen) atoms. The number of amides is 1. The number of ether oxygens (including phenoxy) is 1. The Bertz CT molecular complexity index is 741. The second kappa shape index (κ2) is 9.55. The predicted molar refractivity (Wildman–Crippen MR) is 98.9 cm³/mol. The van der Waals surface area contributed by atoms with Crippen molar-refractivity contribution >= 4 is 17.7 Å². The van der Waals surface area contributed by atoms with Crippen molar-refractivity contribution in [2.24, 2.45) is 0 Å². The first kappa shape index (κ1) is 19.4. The lowest BCUT2D eigenvalue weighted by Crippen LogP contribution is -2.38. The Morgan fingerprint density at radius 2 is 2.00 bits per heavy atom. The molecule has 140 valence electrons. The molecule has 3 N–H and O–H groups in total. The van der Waals surface area contributed by atoms with Crippen molar-refractivity contribution in [3.8, 4) is 5.75 Å². The average Bonchev–Trinajstić information content (AvgIpc) is 2.60. The Hall–Kier alpha value is -2.90. The van der Waals surface area contributed by atoms with E-state index in [4.69, 9.17) is 4.74 Å². The molecule has 0 saturated heterocycles. The third kappa shape index (κ3) is 5.87. The van der Waals surface area contributed by atoms with Crippen molar-refractivity contribution in [3.63, 3.8) is 0 Å². The second-order valence-electron chi connectivity index (χ2n) is 5.66. The van der Waals surface area contributed by atoms with Gasteiger partial charge in [0.15, 0.2) is 17.7 Å². The van der Waals surface area contributed by atoms with E-state index in [-0.39, 0.29) is 11.7 Å². The van der Waals surface area contributed by atoms with Gasteiger partial charge in [0, 0.05) is 31.4 Å². The van der Waals surface area contributed by atoms with Gasteiger partial charge in [0.2, 0.25) is 5.95 Å². The van der Waals surface area contributed by atoms with E-state index in [2.05, 4.69) is 25.9 Å². The zero-order chi connectivity index (χ0) is 18.9. The largest absolute Gasteiger partial charge is 0.478 e. The van der Waals surface area contributed by atoms with Gasteiger partial charge in [-0.3, -0.25) is 4.79 Å². The molecule has 1 heterocycles. The summed E-state index contributed by atoms with van der Waals surface area (Å²) in [5.41, 5.74) is 0.842. The molecule has 0 radical (unpaired) electrons. The van der Waals surface area contributed by atoms with Gasteiger partial charge in [0.1, 0.15) is 5.82 Å². The molecule has 2 aromatic rings. The number of halogens is 1. The zero-order valence-electron chi connectivity index (χ0n) is 15.2. The SMILES string of the molecule is CCNc1nc(C)cc(NCCNC(=O)C(C)Oc2ccccc2F)n1. The minimum atomic E-state index is -0.798. The number of carbonyl (C=O) groups excluding carboxylic acids is 1. The fraction of sp³-hybridized carbons (Fsp3) is 0.389. The normalized spacial score (nSPS) is 11.5. The summed E-state index contributed by atoms with van der Waals surface area (Å²) in [5, 5.41) is 8.93. The predicted octanol–water partition coefficient (Wildman–Crippen LogP) is 2.35.